The maximum absolute atomic E-state index is 13.3. The largest absolute Gasteiger partial charge is 0.489 e. The molecule has 222 valence electrons. The van der Waals surface area contributed by atoms with Crippen molar-refractivity contribution in [2.24, 2.45) is 0 Å². The van der Waals surface area contributed by atoms with Crippen molar-refractivity contribution >= 4 is 5.91 Å². The van der Waals surface area contributed by atoms with Gasteiger partial charge in [0.2, 0.25) is 0 Å². The van der Waals surface area contributed by atoms with E-state index in [9.17, 15) is 4.79 Å². The SMILES string of the molecule is O=C(NC1CCCN(Cc2ccccc2)C1)c1cccc(OC2CCCN(CC(c3ccccc3)c3ccccc3)C2)c1. The molecule has 2 atom stereocenters. The van der Waals surface area contributed by atoms with Crippen molar-refractivity contribution in [2.75, 3.05) is 32.7 Å². The van der Waals surface area contributed by atoms with Crippen molar-refractivity contribution in [3.8, 4) is 5.75 Å². The van der Waals surface area contributed by atoms with Gasteiger partial charge in [-0.1, -0.05) is 97.1 Å². The summed E-state index contributed by atoms with van der Waals surface area (Å²) in [5, 5.41) is 3.30. The Bertz CT molecular complexity index is 1390. The van der Waals surface area contributed by atoms with Crippen LogP contribution in [-0.4, -0.2) is 60.6 Å². The molecular formula is C38H43N3O2. The molecule has 2 unspecified atom stereocenters. The van der Waals surface area contributed by atoms with E-state index < -0.39 is 0 Å². The average Bonchev–Trinajstić information content (AvgIpc) is 3.05. The third-order valence-corrected chi connectivity index (χ3v) is 8.80. The quantitative estimate of drug-likeness (QED) is 0.228. The molecule has 5 nitrogen and oxygen atoms in total. The number of carbonyl (C=O) groups is 1. The Hall–Kier alpha value is -3.93. The molecule has 0 saturated carbocycles. The average molecular weight is 574 g/mol. The zero-order valence-corrected chi connectivity index (χ0v) is 25.0. The summed E-state index contributed by atoms with van der Waals surface area (Å²) in [6, 6.07) is 40.1. The molecule has 2 saturated heterocycles. The van der Waals surface area contributed by atoms with E-state index in [-0.39, 0.29) is 18.1 Å². The molecule has 43 heavy (non-hydrogen) atoms. The van der Waals surface area contributed by atoms with Gasteiger partial charge in [0.1, 0.15) is 11.9 Å². The van der Waals surface area contributed by atoms with Gasteiger partial charge < -0.3 is 10.1 Å². The van der Waals surface area contributed by atoms with Crippen LogP contribution in [0.3, 0.4) is 0 Å². The molecular weight excluding hydrogens is 530 g/mol. The molecule has 2 heterocycles. The lowest BCUT2D eigenvalue weighted by Gasteiger charge is -2.35. The minimum Gasteiger partial charge on any atom is -0.489 e. The van der Waals surface area contributed by atoms with E-state index in [0.29, 0.717) is 11.5 Å². The number of piperidine rings is 2. The van der Waals surface area contributed by atoms with Gasteiger partial charge in [-0.3, -0.25) is 14.6 Å². The topological polar surface area (TPSA) is 44.8 Å². The van der Waals surface area contributed by atoms with E-state index in [4.69, 9.17) is 4.74 Å². The summed E-state index contributed by atoms with van der Waals surface area (Å²) >= 11 is 0. The number of benzene rings is 4. The van der Waals surface area contributed by atoms with Crippen LogP contribution in [0.2, 0.25) is 0 Å². The highest BCUT2D eigenvalue weighted by Gasteiger charge is 2.26. The number of carbonyl (C=O) groups excluding carboxylic acids is 1. The second-order valence-electron chi connectivity index (χ2n) is 12.1. The van der Waals surface area contributed by atoms with Crippen LogP contribution in [0.4, 0.5) is 0 Å². The Morgan fingerprint density at radius 3 is 2.12 bits per heavy atom. The third kappa shape index (κ3) is 8.13. The van der Waals surface area contributed by atoms with Gasteiger partial charge in [-0.15, -0.1) is 0 Å². The minimum atomic E-state index is -0.0177. The Morgan fingerprint density at radius 2 is 1.40 bits per heavy atom. The molecule has 0 spiro atoms. The Balaban J connectivity index is 1.05. The summed E-state index contributed by atoms with van der Waals surface area (Å²) in [5.74, 6) is 1.07. The number of likely N-dealkylation sites (tertiary alicyclic amines) is 2. The molecule has 0 aliphatic carbocycles. The van der Waals surface area contributed by atoms with Crippen molar-refractivity contribution in [1.82, 2.24) is 15.1 Å². The Morgan fingerprint density at radius 1 is 0.744 bits per heavy atom. The van der Waals surface area contributed by atoms with E-state index in [1.54, 1.807) is 0 Å². The van der Waals surface area contributed by atoms with Crippen LogP contribution in [-0.2, 0) is 6.54 Å². The summed E-state index contributed by atoms with van der Waals surface area (Å²) in [6.45, 7) is 5.78. The van der Waals surface area contributed by atoms with Gasteiger partial charge in [-0.2, -0.15) is 0 Å². The van der Waals surface area contributed by atoms with Crippen LogP contribution < -0.4 is 10.1 Å². The van der Waals surface area contributed by atoms with E-state index in [2.05, 4.69) is 106 Å². The van der Waals surface area contributed by atoms with E-state index in [0.717, 1.165) is 70.7 Å². The van der Waals surface area contributed by atoms with Gasteiger partial charge in [-0.05, 0) is 73.7 Å². The maximum atomic E-state index is 13.3. The first kappa shape index (κ1) is 29.2. The molecule has 2 fully saturated rings. The zero-order valence-electron chi connectivity index (χ0n) is 25.0. The summed E-state index contributed by atoms with van der Waals surface area (Å²) in [5.41, 5.74) is 4.67. The third-order valence-electron chi connectivity index (χ3n) is 8.80. The highest BCUT2D eigenvalue weighted by atomic mass is 16.5. The van der Waals surface area contributed by atoms with E-state index >= 15 is 0 Å². The van der Waals surface area contributed by atoms with Crippen LogP contribution >= 0.6 is 0 Å². The molecule has 2 aliphatic rings. The number of nitrogens with zero attached hydrogens (tertiary/aromatic N) is 2. The van der Waals surface area contributed by atoms with Crippen molar-refractivity contribution in [3.63, 3.8) is 0 Å². The predicted molar refractivity (Wildman–Crippen MR) is 173 cm³/mol. The van der Waals surface area contributed by atoms with Crippen LogP contribution in [0.5, 0.6) is 5.75 Å². The van der Waals surface area contributed by atoms with Crippen LogP contribution in [0, 0.1) is 0 Å². The summed E-state index contributed by atoms with van der Waals surface area (Å²) in [7, 11) is 0. The lowest BCUT2D eigenvalue weighted by atomic mass is 9.90. The summed E-state index contributed by atoms with van der Waals surface area (Å²) < 4.78 is 6.51. The first-order chi connectivity index (χ1) is 21.2. The number of ether oxygens (including phenoxy) is 1. The first-order valence-electron chi connectivity index (χ1n) is 15.9. The normalized spacial score (nSPS) is 19.7. The predicted octanol–water partition coefficient (Wildman–Crippen LogP) is 6.76. The second kappa shape index (κ2) is 14.5. The highest BCUT2D eigenvalue weighted by Crippen LogP contribution is 2.28. The minimum absolute atomic E-state index is 0.0177. The number of hydrogen-bond acceptors (Lipinski definition) is 4. The molecule has 0 aromatic heterocycles. The zero-order chi connectivity index (χ0) is 29.3. The first-order valence-corrected chi connectivity index (χ1v) is 15.9. The van der Waals surface area contributed by atoms with E-state index in [1.165, 1.54) is 16.7 Å². The van der Waals surface area contributed by atoms with Gasteiger partial charge in [-0.25, -0.2) is 0 Å². The lowest BCUT2D eigenvalue weighted by Crippen LogP contribution is -2.47. The standard InChI is InChI=1S/C38H43N3O2/c42-38(39-34-20-11-23-40(27-34)26-30-13-4-1-5-14-30)33-19-10-21-35(25-33)43-36-22-12-24-41(28-36)29-37(31-15-6-2-7-16-31)32-17-8-3-9-18-32/h1-10,13-19,21,25,34,36-37H,11-12,20,22-24,26-29H2,(H,39,42). The van der Waals surface area contributed by atoms with Crippen molar-refractivity contribution in [3.05, 3.63) is 138 Å². The van der Waals surface area contributed by atoms with Gasteiger partial charge in [0, 0.05) is 43.7 Å². The van der Waals surface area contributed by atoms with E-state index in [1.807, 2.05) is 24.3 Å². The summed E-state index contributed by atoms with van der Waals surface area (Å²) in [6.07, 6.45) is 4.33. The molecule has 1 amide bonds. The van der Waals surface area contributed by atoms with Crippen LogP contribution in [0.1, 0.15) is 58.6 Å². The molecule has 2 aliphatic heterocycles. The highest BCUT2D eigenvalue weighted by molar-refractivity contribution is 5.94. The molecule has 4 aromatic rings. The molecule has 0 bridgehead atoms. The summed E-state index contributed by atoms with van der Waals surface area (Å²) in [4.78, 5) is 18.3. The molecule has 4 aromatic carbocycles. The van der Waals surface area contributed by atoms with Crippen molar-refractivity contribution in [2.45, 2.75) is 50.3 Å². The van der Waals surface area contributed by atoms with Crippen LogP contribution in [0.15, 0.2) is 115 Å². The number of amides is 1. The fourth-order valence-corrected chi connectivity index (χ4v) is 6.64. The second-order valence-corrected chi connectivity index (χ2v) is 12.1. The van der Waals surface area contributed by atoms with Crippen LogP contribution in [0.25, 0.3) is 0 Å². The number of hydrogen-bond donors (Lipinski definition) is 1. The molecule has 5 heteroatoms. The monoisotopic (exact) mass is 573 g/mol. The lowest BCUT2D eigenvalue weighted by molar-refractivity contribution is 0.0855. The fourth-order valence-electron chi connectivity index (χ4n) is 6.64. The number of nitrogens with one attached hydrogen (secondary N) is 1. The fraction of sp³-hybridized carbons (Fsp3) is 0.342. The van der Waals surface area contributed by atoms with Gasteiger partial charge >= 0.3 is 0 Å². The number of rotatable bonds is 10. The molecule has 6 rings (SSSR count). The van der Waals surface area contributed by atoms with Gasteiger partial charge in [0.05, 0.1) is 0 Å². The molecule has 0 radical (unpaired) electrons. The smallest absolute Gasteiger partial charge is 0.251 e. The Kier molecular flexibility index (Phi) is 9.83. The van der Waals surface area contributed by atoms with Crippen molar-refractivity contribution < 1.29 is 9.53 Å². The van der Waals surface area contributed by atoms with Crippen molar-refractivity contribution in [1.29, 1.82) is 0 Å². The Labute approximate surface area is 256 Å². The maximum Gasteiger partial charge on any atom is 0.251 e. The van der Waals surface area contributed by atoms with Gasteiger partial charge in [0.25, 0.3) is 5.91 Å². The molecule has 1 N–H and O–H groups in total. The van der Waals surface area contributed by atoms with Gasteiger partial charge in [0.15, 0.2) is 0 Å².